The number of thioether (sulfide) groups is 1. The molecule has 5 rings (SSSR count). The van der Waals surface area contributed by atoms with Gasteiger partial charge in [0.1, 0.15) is 0 Å². The maximum absolute atomic E-state index is 13.1. The number of rotatable bonds is 5. The van der Waals surface area contributed by atoms with Gasteiger partial charge in [-0.15, -0.1) is 0 Å². The highest BCUT2D eigenvalue weighted by Gasteiger charge is 2.51. The highest BCUT2D eigenvalue weighted by atomic mass is 32.2. The third-order valence-corrected chi connectivity index (χ3v) is 7.19. The van der Waals surface area contributed by atoms with Crippen LogP contribution in [0.5, 0.6) is 0 Å². The van der Waals surface area contributed by atoms with Gasteiger partial charge in [0, 0.05) is 25.8 Å². The van der Waals surface area contributed by atoms with Crippen LogP contribution in [-0.4, -0.2) is 62.0 Å². The first kappa shape index (κ1) is 20.1. The van der Waals surface area contributed by atoms with Crippen molar-refractivity contribution in [3.05, 3.63) is 53.9 Å². The molecule has 2 aliphatic heterocycles. The topological polar surface area (TPSA) is 82.2 Å². The molecule has 0 bridgehead atoms. The van der Waals surface area contributed by atoms with E-state index >= 15 is 0 Å². The number of pyridine rings is 1. The van der Waals surface area contributed by atoms with Crippen LogP contribution in [0.2, 0.25) is 0 Å². The molecular weight excluding hydrogens is 410 g/mol. The Morgan fingerprint density at radius 1 is 1.23 bits per heavy atom. The van der Waals surface area contributed by atoms with Crippen LogP contribution in [0.3, 0.4) is 0 Å². The van der Waals surface area contributed by atoms with Crippen LogP contribution < -0.4 is 0 Å². The molecule has 7 nitrogen and oxygen atoms in total. The first-order valence-corrected chi connectivity index (χ1v) is 11.6. The van der Waals surface area contributed by atoms with Crippen LogP contribution in [0.4, 0.5) is 0 Å². The summed E-state index contributed by atoms with van der Waals surface area (Å²) in [7, 11) is 0. The van der Waals surface area contributed by atoms with Crippen molar-refractivity contribution in [3.63, 3.8) is 0 Å². The summed E-state index contributed by atoms with van der Waals surface area (Å²) in [4.78, 5) is 41.9. The van der Waals surface area contributed by atoms with Gasteiger partial charge in [0.25, 0.3) is 0 Å². The number of carbonyl (C=O) groups is 2. The van der Waals surface area contributed by atoms with Gasteiger partial charge >= 0.3 is 0 Å². The maximum Gasteiger partial charge on any atom is 0.233 e. The first-order valence-electron chi connectivity index (χ1n) is 10.6. The number of carbonyl (C=O) groups excluding carboxylic acids is 2. The quantitative estimate of drug-likeness (QED) is 0.623. The Balaban J connectivity index is 1.19. The number of amides is 2. The van der Waals surface area contributed by atoms with E-state index in [4.69, 9.17) is 0 Å². The molecule has 2 amide bonds. The zero-order valence-corrected chi connectivity index (χ0v) is 18.3. The van der Waals surface area contributed by atoms with Crippen molar-refractivity contribution in [3.8, 4) is 0 Å². The van der Waals surface area contributed by atoms with E-state index in [1.165, 1.54) is 17.3 Å². The zero-order chi connectivity index (χ0) is 21.4. The van der Waals surface area contributed by atoms with E-state index in [1.807, 2.05) is 47.1 Å². The van der Waals surface area contributed by atoms with Crippen molar-refractivity contribution in [2.75, 3.05) is 25.4 Å². The Bertz CT molecular complexity index is 1130. The van der Waals surface area contributed by atoms with Crippen LogP contribution in [0.1, 0.15) is 24.1 Å². The van der Waals surface area contributed by atoms with Gasteiger partial charge in [-0.1, -0.05) is 23.9 Å². The SMILES string of the molecule is Cc1ccc2nc(SCC(=O)N3CCC4(CCN(Cc5ccccn5)C4=O)C3)[nH]c2c1. The van der Waals surface area contributed by atoms with E-state index in [0.29, 0.717) is 25.4 Å². The second kappa shape index (κ2) is 8.00. The number of aryl methyl sites for hydroxylation is 1. The van der Waals surface area contributed by atoms with Crippen LogP contribution in [0, 0.1) is 12.3 Å². The minimum atomic E-state index is -0.425. The lowest BCUT2D eigenvalue weighted by Gasteiger charge is -2.23. The van der Waals surface area contributed by atoms with E-state index in [0.717, 1.165) is 41.3 Å². The Labute approximate surface area is 185 Å². The van der Waals surface area contributed by atoms with E-state index in [-0.39, 0.29) is 11.8 Å². The number of nitrogens with zero attached hydrogens (tertiary/aromatic N) is 4. The fourth-order valence-electron chi connectivity index (χ4n) is 4.58. The number of nitrogens with one attached hydrogen (secondary N) is 1. The van der Waals surface area contributed by atoms with Crippen molar-refractivity contribution in [2.45, 2.75) is 31.5 Å². The zero-order valence-electron chi connectivity index (χ0n) is 17.5. The van der Waals surface area contributed by atoms with Crippen LogP contribution >= 0.6 is 11.8 Å². The van der Waals surface area contributed by atoms with E-state index in [2.05, 4.69) is 21.0 Å². The summed E-state index contributed by atoms with van der Waals surface area (Å²) in [6, 6.07) is 11.8. The average molecular weight is 436 g/mol. The molecule has 0 aliphatic carbocycles. The first-order chi connectivity index (χ1) is 15.0. The second-order valence-corrected chi connectivity index (χ2v) is 9.46. The Kier molecular flexibility index (Phi) is 5.17. The van der Waals surface area contributed by atoms with Gasteiger partial charge < -0.3 is 14.8 Å². The number of imidazole rings is 1. The molecule has 1 atom stereocenters. The fourth-order valence-corrected chi connectivity index (χ4v) is 5.37. The number of H-pyrrole nitrogens is 1. The van der Waals surface area contributed by atoms with Gasteiger partial charge in [-0.2, -0.15) is 0 Å². The Morgan fingerprint density at radius 3 is 2.94 bits per heavy atom. The largest absolute Gasteiger partial charge is 0.341 e. The standard InChI is InChI=1S/C23H25N5O2S/c1-16-5-6-18-19(12-16)26-22(25-18)31-14-20(29)28-11-8-23(15-28)7-10-27(21(23)30)13-17-4-2-3-9-24-17/h2-6,9,12H,7-8,10-11,13-15H2,1H3,(H,25,26). The molecule has 160 valence electrons. The molecule has 4 heterocycles. The highest BCUT2D eigenvalue weighted by Crippen LogP contribution is 2.41. The smallest absolute Gasteiger partial charge is 0.233 e. The van der Waals surface area contributed by atoms with Gasteiger partial charge in [0.05, 0.1) is 34.4 Å². The number of likely N-dealkylation sites (tertiary alicyclic amines) is 2. The molecule has 0 saturated carbocycles. The van der Waals surface area contributed by atoms with Gasteiger partial charge in [-0.05, 0) is 49.6 Å². The molecule has 8 heteroatoms. The third kappa shape index (κ3) is 3.92. The number of fused-ring (bicyclic) bond motifs is 1. The summed E-state index contributed by atoms with van der Waals surface area (Å²) in [5.74, 6) is 0.545. The van der Waals surface area contributed by atoms with E-state index < -0.39 is 5.41 Å². The molecule has 1 spiro atoms. The summed E-state index contributed by atoms with van der Waals surface area (Å²) < 4.78 is 0. The Morgan fingerprint density at radius 2 is 2.10 bits per heavy atom. The second-order valence-electron chi connectivity index (χ2n) is 8.49. The number of hydrogen-bond acceptors (Lipinski definition) is 5. The molecule has 2 aliphatic rings. The van der Waals surface area contributed by atoms with E-state index in [1.54, 1.807) is 6.20 Å². The Hall–Kier alpha value is -2.87. The molecule has 31 heavy (non-hydrogen) atoms. The van der Waals surface area contributed by atoms with Crippen molar-refractivity contribution < 1.29 is 9.59 Å². The number of aromatic nitrogens is 3. The van der Waals surface area contributed by atoms with Crippen molar-refractivity contribution in [1.82, 2.24) is 24.8 Å². The highest BCUT2D eigenvalue weighted by molar-refractivity contribution is 7.99. The molecule has 2 fully saturated rings. The molecule has 1 N–H and O–H groups in total. The lowest BCUT2D eigenvalue weighted by atomic mass is 9.85. The number of aromatic amines is 1. The predicted molar refractivity (Wildman–Crippen MR) is 119 cm³/mol. The number of benzene rings is 1. The molecule has 1 aromatic carbocycles. The van der Waals surface area contributed by atoms with Gasteiger partial charge in [-0.25, -0.2) is 4.98 Å². The summed E-state index contributed by atoms with van der Waals surface area (Å²) in [5, 5.41) is 0.751. The van der Waals surface area contributed by atoms with Crippen molar-refractivity contribution in [2.24, 2.45) is 5.41 Å². The van der Waals surface area contributed by atoms with Crippen LogP contribution in [0.15, 0.2) is 47.8 Å². The third-order valence-electron chi connectivity index (χ3n) is 6.33. The van der Waals surface area contributed by atoms with Gasteiger partial charge in [0.15, 0.2) is 5.16 Å². The lowest BCUT2D eigenvalue weighted by molar-refractivity contribution is -0.136. The summed E-state index contributed by atoms with van der Waals surface area (Å²) in [5.41, 5.74) is 3.54. The van der Waals surface area contributed by atoms with Crippen LogP contribution in [0.25, 0.3) is 11.0 Å². The monoisotopic (exact) mass is 435 g/mol. The average Bonchev–Trinajstić information content (AvgIpc) is 3.47. The molecule has 3 aromatic rings. The summed E-state index contributed by atoms with van der Waals surface area (Å²) in [6.45, 7) is 4.47. The van der Waals surface area contributed by atoms with Crippen molar-refractivity contribution >= 4 is 34.6 Å². The minimum Gasteiger partial charge on any atom is -0.341 e. The van der Waals surface area contributed by atoms with Crippen molar-refractivity contribution in [1.29, 1.82) is 0 Å². The molecule has 0 radical (unpaired) electrons. The van der Waals surface area contributed by atoms with E-state index in [9.17, 15) is 9.59 Å². The predicted octanol–water partition coefficient (Wildman–Crippen LogP) is 3.01. The van der Waals surface area contributed by atoms with Gasteiger partial charge in [0.2, 0.25) is 11.8 Å². The molecule has 2 saturated heterocycles. The van der Waals surface area contributed by atoms with Gasteiger partial charge in [-0.3, -0.25) is 14.6 Å². The van der Waals surface area contributed by atoms with Crippen LogP contribution in [-0.2, 0) is 16.1 Å². The minimum absolute atomic E-state index is 0.0643. The molecule has 2 aromatic heterocycles. The lowest BCUT2D eigenvalue weighted by Crippen LogP contribution is -2.38. The summed E-state index contributed by atoms with van der Waals surface area (Å²) in [6.07, 6.45) is 3.30. The maximum atomic E-state index is 13.1. The fraction of sp³-hybridized carbons (Fsp3) is 0.391. The number of hydrogen-bond donors (Lipinski definition) is 1. The molecular formula is C23H25N5O2S. The normalized spacial score (nSPS) is 21.0. The summed E-state index contributed by atoms with van der Waals surface area (Å²) >= 11 is 1.42. The molecule has 1 unspecified atom stereocenters.